The van der Waals surface area contributed by atoms with Crippen molar-refractivity contribution in [3.05, 3.63) is 24.0 Å². The fraction of sp³-hybridized carbons (Fsp3) is 0.455. The van der Waals surface area contributed by atoms with Crippen molar-refractivity contribution in [2.75, 3.05) is 38.3 Å². The van der Waals surface area contributed by atoms with E-state index >= 15 is 0 Å². The molecule has 1 rings (SSSR count). The smallest absolute Gasteiger partial charge is 0.106 e. The van der Waals surface area contributed by atoms with Gasteiger partial charge in [-0.2, -0.15) is 0 Å². The maximum Gasteiger partial charge on any atom is 0.106 e. The zero-order chi connectivity index (χ0) is 12.7. The number of nitrogens with zero attached hydrogens (tertiary/aromatic N) is 2. The lowest BCUT2D eigenvalue weighted by atomic mass is 10.2. The van der Waals surface area contributed by atoms with Crippen LogP contribution in [0.5, 0.6) is 0 Å². The summed E-state index contributed by atoms with van der Waals surface area (Å²) < 4.78 is 5.03. The topological polar surface area (TPSA) is 71.6 Å². The van der Waals surface area contributed by atoms with Crippen LogP contribution in [0.15, 0.2) is 18.5 Å². The number of rotatable bonds is 7. The van der Waals surface area contributed by atoms with E-state index in [1.54, 1.807) is 25.6 Å². The second-order valence-corrected chi connectivity index (χ2v) is 3.90. The van der Waals surface area contributed by atoms with Crippen LogP contribution in [0, 0.1) is 0 Å². The predicted octanol–water partition coefficient (Wildman–Crippen LogP) is 0.161. The zero-order valence-electron chi connectivity index (χ0n) is 9.80. The summed E-state index contributed by atoms with van der Waals surface area (Å²) in [4.78, 5) is 6.33. The molecule has 94 valence electrons. The highest BCUT2D eigenvalue weighted by Gasteiger charge is 2.12. The summed E-state index contributed by atoms with van der Waals surface area (Å²) in [6, 6.07) is 1.77. The number of aromatic nitrogens is 1. The predicted molar refractivity (Wildman–Crippen MR) is 71.3 cm³/mol. The van der Waals surface area contributed by atoms with Crippen molar-refractivity contribution in [2.45, 2.75) is 0 Å². The maximum absolute atomic E-state index is 9.06. The van der Waals surface area contributed by atoms with E-state index < -0.39 is 0 Å². The number of aliphatic hydroxyl groups is 1. The molecule has 17 heavy (non-hydrogen) atoms. The molecule has 3 N–H and O–H groups in total. The Morgan fingerprint density at radius 3 is 2.94 bits per heavy atom. The molecule has 0 atom stereocenters. The summed E-state index contributed by atoms with van der Waals surface area (Å²) in [5, 5.41) is 9.06. The number of pyridine rings is 1. The molecule has 1 heterocycles. The largest absolute Gasteiger partial charge is 0.395 e. The fourth-order valence-corrected chi connectivity index (χ4v) is 1.69. The van der Waals surface area contributed by atoms with Crippen molar-refractivity contribution >= 4 is 22.9 Å². The van der Waals surface area contributed by atoms with Gasteiger partial charge in [-0.3, -0.25) is 4.98 Å². The van der Waals surface area contributed by atoms with Crippen LogP contribution in [0.25, 0.3) is 0 Å². The minimum absolute atomic E-state index is 0.0510. The van der Waals surface area contributed by atoms with Crippen LogP contribution in [0.4, 0.5) is 5.69 Å². The van der Waals surface area contributed by atoms with E-state index in [1.165, 1.54) is 0 Å². The molecule has 0 saturated heterocycles. The Hall–Kier alpha value is -1.24. The summed E-state index contributed by atoms with van der Waals surface area (Å²) >= 11 is 5.00. The number of methoxy groups -OCH3 is 1. The summed E-state index contributed by atoms with van der Waals surface area (Å²) in [7, 11) is 1.63. The fourth-order valence-electron chi connectivity index (χ4n) is 1.52. The minimum atomic E-state index is 0.0510. The number of anilines is 1. The molecule has 1 aromatic rings. The number of ether oxygens (including phenoxy) is 1. The third-order valence-corrected chi connectivity index (χ3v) is 2.56. The lowest BCUT2D eigenvalue weighted by molar-refractivity contribution is 0.203. The van der Waals surface area contributed by atoms with E-state index in [0.29, 0.717) is 24.7 Å². The van der Waals surface area contributed by atoms with E-state index in [-0.39, 0.29) is 6.61 Å². The highest BCUT2D eigenvalue weighted by atomic mass is 32.1. The first-order valence-electron chi connectivity index (χ1n) is 5.29. The van der Waals surface area contributed by atoms with Gasteiger partial charge in [0.25, 0.3) is 0 Å². The first-order chi connectivity index (χ1) is 8.20. The monoisotopic (exact) mass is 255 g/mol. The second kappa shape index (κ2) is 7.16. The van der Waals surface area contributed by atoms with E-state index in [1.807, 2.05) is 4.90 Å². The molecule has 0 aromatic carbocycles. The Balaban J connectivity index is 2.95. The van der Waals surface area contributed by atoms with Gasteiger partial charge in [-0.25, -0.2) is 0 Å². The average molecular weight is 255 g/mol. The molecule has 0 amide bonds. The molecule has 0 spiro atoms. The average Bonchev–Trinajstić information content (AvgIpc) is 2.34. The minimum Gasteiger partial charge on any atom is -0.395 e. The summed E-state index contributed by atoms with van der Waals surface area (Å²) in [6.07, 6.45) is 3.34. The molecule has 0 aliphatic carbocycles. The maximum atomic E-state index is 9.06. The van der Waals surface area contributed by atoms with Crippen LogP contribution >= 0.6 is 12.2 Å². The van der Waals surface area contributed by atoms with Crippen molar-refractivity contribution in [1.29, 1.82) is 0 Å². The van der Waals surface area contributed by atoms with Gasteiger partial charge in [-0.15, -0.1) is 0 Å². The number of aliphatic hydroxyl groups excluding tert-OH is 1. The van der Waals surface area contributed by atoms with E-state index in [2.05, 4.69) is 4.98 Å². The van der Waals surface area contributed by atoms with Crippen molar-refractivity contribution in [3.8, 4) is 0 Å². The van der Waals surface area contributed by atoms with Crippen molar-refractivity contribution in [1.82, 2.24) is 4.98 Å². The third-order valence-electron chi connectivity index (χ3n) is 2.34. The summed E-state index contributed by atoms with van der Waals surface area (Å²) in [6.45, 7) is 1.75. The van der Waals surface area contributed by atoms with Gasteiger partial charge in [0.05, 0.1) is 25.1 Å². The molecule has 1 aromatic heterocycles. The summed E-state index contributed by atoms with van der Waals surface area (Å²) in [5.74, 6) is 0. The Bertz CT molecular complexity index is 373. The Morgan fingerprint density at radius 1 is 1.59 bits per heavy atom. The van der Waals surface area contributed by atoms with E-state index in [9.17, 15) is 0 Å². The first kappa shape index (κ1) is 13.8. The van der Waals surface area contributed by atoms with Crippen LogP contribution in [0.2, 0.25) is 0 Å². The number of nitrogens with two attached hydrogens (primary N) is 1. The van der Waals surface area contributed by atoms with Crippen LogP contribution < -0.4 is 10.6 Å². The van der Waals surface area contributed by atoms with Crippen LogP contribution in [0.3, 0.4) is 0 Å². The number of hydrogen-bond acceptors (Lipinski definition) is 5. The van der Waals surface area contributed by atoms with Gasteiger partial charge in [0, 0.05) is 32.0 Å². The Labute approximate surface area is 106 Å². The molecular formula is C11H17N3O2S. The molecule has 0 fully saturated rings. The van der Waals surface area contributed by atoms with Crippen molar-refractivity contribution in [2.24, 2.45) is 5.73 Å². The molecule has 0 bridgehead atoms. The second-order valence-electron chi connectivity index (χ2n) is 3.46. The molecule has 0 unspecified atom stereocenters. The molecule has 0 radical (unpaired) electrons. The van der Waals surface area contributed by atoms with Crippen LogP contribution in [-0.2, 0) is 4.74 Å². The van der Waals surface area contributed by atoms with Gasteiger partial charge < -0.3 is 20.5 Å². The molecule has 0 aliphatic heterocycles. The van der Waals surface area contributed by atoms with Crippen LogP contribution in [0.1, 0.15) is 5.56 Å². The molecule has 6 heteroatoms. The standard InChI is InChI=1S/C11H17N3O2S/c1-16-7-5-14(4-6-15)10-8-13-3-2-9(10)11(12)17/h2-3,8,15H,4-7H2,1H3,(H2,12,17). The lowest BCUT2D eigenvalue weighted by Gasteiger charge is -2.25. The van der Waals surface area contributed by atoms with Gasteiger partial charge in [-0.05, 0) is 6.07 Å². The third kappa shape index (κ3) is 3.92. The van der Waals surface area contributed by atoms with Gasteiger partial charge in [0.15, 0.2) is 0 Å². The van der Waals surface area contributed by atoms with E-state index in [0.717, 1.165) is 11.3 Å². The zero-order valence-corrected chi connectivity index (χ0v) is 10.6. The normalized spacial score (nSPS) is 10.2. The first-order valence-corrected chi connectivity index (χ1v) is 5.70. The lowest BCUT2D eigenvalue weighted by Crippen LogP contribution is -2.32. The van der Waals surface area contributed by atoms with Crippen molar-refractivity contribution < 1.29 is 9.84 Å². The van der Waals surface area contributed by atoms with Crippen LogP contribution in [-0.4, -0.2) is 48.5 Å². The molecular weight excluding hydrogens is 238 g/mol. The number of hydrogen-bond donors (Lipinski definition) is 2. The van der Waals surface area contributed by atoms with Gasteiger partial charge >= 0.3 is 0 Å². The Morgan fingerprint density at radius 2 is 2.35 bits per heavy atom. The van der Waals surface area contributed by atoms with E-state index in [4.69, 9.17) is 27.8 Å². The molecule has 0 saturated carbocycles. The highest BCUT2D eigenvalue weighted by molar-refractivity contribution is 7.80. The number of thiocarbonyl (C=S) groups is 1. The van der Waals surface area contributed by atoms with Gasteiger partial charge in [0.2, 0.25) is 0 Å². The quantitative estimate of drug-likeness (QED) is 0.676. The molecule has 0 aliphatic rings. The molecule has 5 nitrogen and oxygen atoms in total. The van der Waals surface area contributed by atoms with Gasteiger partial charge in [-0.1, -0.05) is 12.2 Å². The highest BCUT2D eigenvalue weighted by Crippen LogP contribution is 2.18. The van der Waals surface area contributed by atoms with Crippen molar-refractivity contribution in [3.63, 3.8) is 0 Å². The SMILES string of the molecule is COCCN(CCO)c1cnccc1C(N)=S. The Kier molecular flexibility index (Phi) is 5.82. The summed E-state index contributed by atoms with van der Waals surface area (Å²) in [5.41, 5.74) is 7.25. The van der Waals surface area contributed by atoms with Gasteiger partial charge in [0.1, 0.15) is 4.99 Å².